The Morgan fingerprint density at radius 2 is 1.62 bits per heavy atom. The van der Waals surface area contributed by atoms with Crippen molar-refractivity contribution in [2.45, 2.75) is 115 Å². The summed E-state index contributed by atoms with van der Waals surface area (Å²) >= 11 is 0. The second-order valence-electron chi connectivity index (χ2n) is 13.9. The zero-order valence-corrected chi connectivity index (χ0v) is 31.0. The number of nitrogens with one attached hydrogen (secondary N) is 1. The first-order valence-corrected chi connectivity index (χ1v) is 19.5. The minimum Gasteiger partial charge on any atom is -0.497 e. The van der Waals surface area contributed by atoms with Crippen molar-refractivity contribution in [1.82, 2.24) is 5.32 Å². The number of hydrogen-bond acceptors (Lipinski definition) is 7. The molecular weight excluding hydrogens is 625 g/mol. The molecule has 10 heteroatoms. The van der Waals surface area contributed by atoms with Gasteiger partial charge in [0.25, 0.3) is 0 Å². The van der Waals surface area contributed by atoms with Gasteiger partial charge >= 0.3 is 5.91 Å². The van der Waals surface area contributed by atoms with Gasteiger partial charge in [-0.1, -0.05) is 41.5 Å². The molecule has 48 heavy (non-hydrogen) atoms. The molecule has 2 aromatic carbocycles. The van der Waals surface area contributed by atoms with Crippen LogP contribution in [0.15, 0.2) is 36.4 Å². The van der Waals surface area contributed by atoms with Crippen LogP contribution < -0.4 is 24.4 Å². The number of methoxy groups -OCH3 is 2. The number of benzene rings is 2. The fourth-order valence-corrected chi connectivity index (χ4v) is 12.6. The Kier molecular flexibility index (Phi) is 12.6. The summed E-state index contributed by atoms with van der Waals surface area (Å²) in [6, 6.07) is 10.8. The van der Waals surface area contributed by atoms with Crippen LogP contribution in [0.4, 0.5) is 5.69 Å². The van der Waals surface area contributed by atoms with Gasteiger partial charge in [0.15, 0.2) is 0 Å². The van der Waals surface area contributed by atoms with Gasteiger partial charge in [0, 0.05) is 55.5 Å². The van der Waals surface area contributed by atoms with Crippen LogP contribution in [-0.2, 0) is 27.5 Å². The Morgan fingerprint density at radius 3 is 2.17 bits per heavy atom. The summed E-state index contributed by atoms with van der Waals surface area (Å²) in [5, 5.41) is 13.5. The van der Waals surface area contributed by atoms with E-state index in [9.17, 15) is 14.7 Å². The number of aliphatic hydroxyl groups is 1. The third-order valence-electron chi connectivity index (χ3n) is 10.4. The quantitative estimate of drug-likeness (QED) is 0.183. The van der Waals surface area contributed by atoms with E-state index in [4.69, 9.17) is 18.9 Å². The fourth-order valence-electron chi connectivity index (χ4n) is 7.42. The molecule has 0 spiro atoms. The number of ether oxygens (including phenoxy) is 4. The summed E-state index contributed by atoms with van der Waals surface area (Å²) < 4.78 is 22.9. The lowest BCUT2D eigenvalue weighted by Crippen LogP contribution is -2.63. The largest absolute Gasteiger partial charge is 0.497 e. The number of amides is 2. The minimum absolute atomic E-state index is 0.119. The van der Waals surface area contributed by atoms with Crippen molar-refractivity contribution in [3.05, 3.63) is 47.5 Å². The van der Waals surface area contributed by atoms with Crippen molar-refractivity contribution in [3.63, 3.8) is 0 Å². The van der Waals surface area contributed by atoms with Gasteiger partial charge in [-0.05, 0) is 72.1 Å². The lowest BCUT2D eigenvalue weighted by molar-refractivity contribution is -0.133. The minimum atomic E-state index is -2.28. The van der Waals surface area contributed by atoms with Gasteiger partial charge in [0.2, 0.25) is 5.91 Å². The molecule has 1 heterocycles. The molecule has 1 aliphatic heterocycles. The molecule has 0 unspecified atom stereocenters. The van der Waals surface area contributed by atoms with Crippen LogP contribution in [0.3, 0.4) is 0 Å². The molecule has 1 saturated heterocycles. The average Bonchev–Trinajstić information content (AvgIpc) is 3.05. The monoisotopic (exact) mass is 678 g/mol. The van der Waals surface area contributed by atoms with E-state index in [2.05, 4.69) is 58.3 Å². The molecule has 9 nitrogen and oxygen atoms in total. The van der Waals surface area contributed by atoms with E-state index in [0.717, 1.165) is 24.8 Å². The molecule has 0 radical (unpaired) electrons. The number of carbonyl (C=O) groups excluding carboxylic acids is 2. The predicted molar refractivity (Wildman–Crippen MR) is 191 cm³/mol. The first-order chi connectivity index (χ1) is 22.9. The highest BCUT2D eigenvalue weighted by Gasteiger charge is 2.49. The molecule has 1 aliphatic carbocycles. The highest BCUT2D eigenvalue weighted by molar-refractivity contribution is 6.90. The van der Waals surface area contributed by atoms with E-state index in [0.29, 0.717) is 58.3 Å². The Balaban J connectivity index is 1.81. The molecular formula is C38H54N2O7Si. The zero-order valence-electron chi connectivity index (χ0n) is 30.0. The van der Waals surface area contributed by atoms with Crippen LogP contribution in [0.25, 0.3) is 0 Å². The average molecular weight is 679 g/mol. The van der Waals surface area contributed by atoms with Gasteiger partial charge in [0.1, 0.15) is 30.9 Å². The van der Waals surface area contributed by atoms with Crippen molar-refractivity contribution in [2.75, 3.05) is 32.3 Å². The standard InChI is InChI=1S/C38H54N2O7Si/c1-26(2)48(27(3)4,28(5)6)21-16-36(42)40(31-13-15-34(30(22-31)25-41)47-32-10-9-11-32)38(17-19-46-20-18-38)37(43)39-24-29-12-14-33(44-7)23-35(29)45-8/h12-15,22-23,26-28,32,41H,9-11,17-20,24-25H2,1-8H3,(H,39,43). The van der Waals surface area contributed by atoms with Crippen LogP contribution in [0, 0.1) is 11.5 Å². The Morgan fingerprint density at radius 1 is 0.958 bits per heavy atom. The number of anilines is 1. The van der Waals surface area contributed by atoms with E-state index in [1.165, 1.54) is 0 Å². The summed E-state index contributed by atoms with van der Waals surface area (Å²) in [7, 11) is 0.885. The summed E-state index contributed by atoms with van der Waals surface area (Å²) in [5.41, 5.74) is 5.10. The maximum absolute atomic E-state index is 14.7. The Hall–Kier alpha value is -3.52. The van der Waals surface area contributed by atoms with Crippen LogP contribution in [0.2, 0.25) is 16.6 Å². The number of hydrogen-bond donors (Lipinski definition) is 2. The smallest absolute Gasteiger partial charge is 0.303 e. The maximum atomic E-state index is 14.7. The molecule has 2 aliphatic rings. The van der Waals surface area contributed by atoms with Crippen LogP contribution in [0.5, 0.6) is 17.2 Å². The van der Waals surface area contributed by atoms with Gasteiger partial charge in [-0.25, -0.2) is 0 Å². The van der Waals surface area contributed by atoms with Gasteiger partial charge in [0.05, 0.1) is 26.9 Å². The predicted octanol–water partition coefficient (Wildman–Crippen LogP) is 6.55. The Labute approximate surface area is 287 Å². The molecule has 2 aromatic rings. The number of rotatable bonds is 13. The van der Waals surface area contributed by atoms with Crippen molar-refractivity contribution >= 4 is 25.6 Å². The third-order valence-corrected chi connectivity index (χ3v) is 16.7. The van der Waals surface area contributed by atoms with Crippen molar-refractivity contribution in [3.8, 4) is 28.7 Å². The second-order valence-corrected chi connectivity index (χ2v) is 19.5. The number of nitrogens with zero attached hydrogens (tertiary/aromatic N) is 1. The fraction of sp³-hybridized carbons (Fsp3) is 0.579. The zero-order chi connectivity index (χ0) is 35.1. The first kappa shape index (κ1) is 37.3. The molecule has 2 amide bonds. The SMILES string of the molecule is COc1ccc(CNC(=O)C2(N(C(=O)C#C[Si](C(C)C)(C(C)C)C(C)C)c3ccc(OC4CCC4)c(CO)c3)CCOCC2)c(OC)c1. The summed E-state index contributed by atoms with van der Waals surface area (Å²) in [5.74, 6) is 4.17. The van der Waals surface area contributed by atoms with E-state index in [1.807, 2.05) is 18.2 Å². The molecule has 2 fully saturated rings. The van der Waals surface area contributed by atoms with Gasteiger partial charge < -0.3 is 29.4 Å². The first-order valence-electron chi connectivity index (χ1n) is 17.3. The molecule has 2 N–H and O–H groups in total. The lowest BCUT2D eigenvalue weighted by atomic mass is 9.85. The number of carbonyl (C=O) groups is 2. The molecule has 4 rings (SSSR count). The molecule has 0 bridgehead atoms. The van der Waals surface area contributed by atoms with Gasteiger partial charge in [-0.2, -0.15) is 0 Å². The van der Waals surface area contributed by atoms with E-state index in [1.54, 1.807) is 37.3 Å². The number of aliphatic hydroxyl groups excluding tert-OH is 1. The van der Waals surface area contributed by atoms with Gasteiger partial charge in [-0.3, -0.25) is 14.5 Å². The van der Waals surface area contributed by atoms with E-state index in [-0.39, 0.29) is 38.0 Å². The molecule has 0 atom stereocenters. The third kappa shape index (κ3) is 7.69. The van der Waals surface area contributed by atoms with Crippen molar-refractivity contribution in [1.29, 1.82) is 0 Å². The summed E-state index contributed by atoms with van der Waals surface area (Å²) in [4.78, 5) is 30.8. The maximum Gasteiger partial charge on any atom is 0.303 e. The molecule has 262 valence electrons. The summed E-state index contributed by atoms with van der Waals surface area (Å²) in [6.07, 6.45) is 3.75. The van der Waals surface area contributed by atoms with E-state index >= 15 is 0 Å². The van der Waals surface area contributed by atoms with Crippen molar-refractivity contribution in [2.24, 2.45) is 0 Å². The van der Waals surface area contributed by atoms with Crippen LogP contribution >= 0.6 is 0 Å². The second kappa shape index (κ2) is 16.3. The highest BCUT2D eigenvalue weighted by atomic mass is 28.3. The van der Waals surface area contributed by atoms with Crippen LogP contribution in [-0.4, -0.2) is 64.1 Å². The van der Waals surface area contributed by atoms with Gasteiger partial charge in [-0.15, -0.1) is 5.54 Å². The molecule has 0 aromatic heterocycles. The topological polar surface area (TPSA) is 107 Å². The highest BCUT2D eigenvalue weighted by Crippen LogP contribution is 2.41. The summed E-state index contributed by atoms with van der Waals surface area (Å²) in [6.45, 7) is 13.8. The van der Waals surface area contributed by atoms with Crippen molar-refractivity contribution < 1.29 is 33.6 Å². The Bertz CT molecular complexity index is 1460. The normalized spacial score (nSPS) is 16.2. The van der Waals surface area contributed by atoms with E-state index < -0.39 is 19.5 Å². The van der Waals surface area contributed by atoms with Crippen LogP contribution in [0.1, 0.15) is 84.8 Å². The lowest BCUT2D eigenvalue weighted by Gasteiger charge is -2.44. The molecule has 1 saturated carbocycles.